The SMILES string of the molecule is COCCNS(=O)(=O)NCC1(O)CCOC1C. The van der Waals surface area contributed by atoms with Gasteiger partial charge in [0, 0.05) is 33.2 Å². The van der Waals surface area contributed by atoms with Gasteiger partial charge < -0.3 is 14.6 Å². The number of hydrogen-bond donors (Lipinski definition) is 3. The molecule has 3 N–H and O–H groups in total. The zero-order valence-corrected chi connectivity index (χ0v) is 10.9. The molecule has 2 atom stereocenters. The molecule has 0 bridgehead atoms. The molecule has 0 aliphatic carbocycles. The lowest BCUT2D eigenvalue weighted by Gasteiger charge is -2.26. The molecule has 1 aliphatic rings. The molecule has 1 heterocycles. The fourth-order valence-electron chi connectivity index (χ4n) is 1.55. The van der Waals surface area contributed by atoms with E-state index in [-0.39, 0.29) is 19.2 Å². The van der Waals surface area contributed by atoms with Crippen molar-refractivity contribution in [3.05, 3.63) is 0 Å². The average Bonchev–Trinajstić information content (AvgIpc) is 2.58. The van der Waals surface area contributed by atoms with Gasteiger partial charge in [-0.25, -0.2) is 0 Å². The Kier molecular flexibility index (Phi) is 5.29. The summed E-state index contributed by atoms with van der Waals surface area (Å²) in [4.78, 5) is 0. The Balaban J connectivity index is 2.38. The molecule has 102 valence electrons. The van der Waals surface area contributed by atoms with Gasteiger partial charge in [0.1, 0.15) is 5.60 Å². The van der Waals surface area contributed by atoms with Crippen molar-refractivity contribution in [1.29, 1.82) is 0 Å². The summed E-state index contributed by atoms with van der Waals surface area (Å²) < 4.78 is 37.5. The van der Waals surface area contributed by atoms with Gasteiger partial charge in [0.05, 0.1) is 12.7 Å². The normalized spacial score (nSPS) is 29.7. The van der Waals surface area contributed by atoms with Gasteiger partial charge >= 0.3 is 0 Å². The van der Waals surface area contributed by atoms with Gasteiger partial charge in [0.25, 0.3) is 10.2 Å². The number of aliphatic hydroxyl groups is 1. The summed E-state index contributed by atoms with van der Waals surface area (Å²) in [7, 11) is -2.11. The fraction of sp³-hybridized carbons (Fsp3) is 1.00. The summed E-state index contributed by atoms with van der Waals surface area (Å²) in [6.07, 6.45) is 0.0542. The van der Waals surface area contributed by atoms with Crippen LogP contribution < -0.4 is 9.44 Å². The Morgan fingerprint density at radius 1 is 1.53 bits per heavy atom. The van der Waals surface area contributed by atoms with Gasteiger partial charge in [0.2, 0.25) is 0 Å². The molecule has 1 fully saturated rings. The van der Waals surface area contributed by atoms with Crippen LogP contribution in [0.3, 0.4) is 0 Å². The van der Waals surface area contributed by atoms with Crippen molar-refractivity contribution in [3.63, 3.8) is 0 Å². The van der Waals surface area contributed by atoms with Gasteiger partial charge in [-0.1, -0.05) is 0 Å². The molecular weight excluding hydrogens is 248 g/mol. The lowest BCUT2D eigenvalue weighted by atomic mass is 9.97. The number of methoxy groups -OCH3 is 1. The number of ether oxygens (including phenoxy) is 2. The highest BCUT2D eigenvalue weighted by Crippen LogP contribution is 2.24. The monoisotopic (exact) mass is 268 g/mol. The van der Waals surface area contributed by atoms with E-state index in [2.05, 4.69) is 9.44 Å². The van der Waals surface area contributed by atoms with E-state index >= 15 is 0 Å². The van der Waals surface area contributed by atoms with Crippen LogP contribution in [0.4, 0.5) is 0 Å². The highest BCUT2D eigenvalue weighted by Gasteiger charge is 2.40. The first-order valence-electron chi connectivity index (χ1n) is 5.47. The van der Waals surface area contributed by atoms with Crippen LogP contribution >= 0.6 is 0 Å². The third-order valence-corrected chi connectivity index (χ3v) is 3.93. The molecule has 0 aromatic rings. The van der Waals surface area contributed by atoms with Crippen molar-refractivity contribution < 1.29 is 23.0 Å². The smallest absolute Gasteiger partial charge is 0.277 e. The first-order chi connectivity index (χ1) is 7.90. The topological polar surface area (TPSA) is 96.9 Å². The molecule has 17 heavy (non-hydrogen) atoms. The number of rotatable bonds is 7. The van der Waals surface area contributed by atoms with Crippen LogP contribution in [0.25, 0.3) is 0 Å². The van der Waals surface area contributed by atoms with E-state index in [1.165, 1.54) is 7.11 Å². The molecule has 1 saturated heterocycles. The fourth-order valence-corrected chi connectivity index (χ4v) is 2.45. The highest BCUT2D eigenvalue weighted by molar-refractivity contribution is 7.87. The molecule has 7 nitrogen and oxygen atoms in total. The van der Waals surface area contributed by atoms with Crippen molar-refractivity contribution in [2.24, 2.45) is 0 Å². The van der Waals surface area contributed by atoms with Crippen LogP contribution in [0.2, 0.25) is 0 Å². The summed E-state index contributed by atoms with van der Waals surface area (Å²) >= 11 is 0. The van der Waals surface area contributed by atoms with Crippen LogP contribution in [-0.4, -0.2) is 58.6 Å². The van der Waals surface area contributed by atoms with E-state index < -0.39 is 15.8 Å². The van der Waals surface area contributed by atoms with E-state index in [9.17, 15) is 13.5 Å². The lowest BCUT2D eigenvalue weighted by Crippen LogP contribution is -2.50. The molecule has 0 spiro atoms. The zero-order valence-electron chi connectivity index (χ0n) is 10.1. The largest absolute Gasteiger partial charge is 0.386 e. The Hall–Kier alpha value is -0.250. The van der Waals surface area contributed by atoms with Crippen molar-refractivity contribution in [2.75, 3.05) is 33.4 Å². The minimum absolute atomic E-state index is 0.0590. The summed E-state index contributed by atoms with van der Waals surface area (Å²) in [5.74, 6) is 0. The molecule has 0 aromatic heterocycles. The van der Waals surface area contributed by atoms with Crippen molar-refractivity contribution in [1.82, 2.24) is 9.44 Å². The molecule has 1 aliphatic heterocycles. The van der Waals surface area contributed by atoms with Gasteiger partial charge in [-0.3, -0.25) is 0 Å². The number of nitrogens with one attached hydrogen (secondary N) is 2. The maximum Gasteiger partial charge on any atom is 0.277 e. The van der Waals surface area contributed by atoms with E-state index in [0.717, 1.165) is 0 Å². The van der Waals surface area contributed by atoms with Crippen molar-refractivity contribution in [3.8, 4) is 0 Å². The zero-order chi connectivity index (χ0) is 12.9. The summed E-state index contributed by atoms with van der Waals surface area (Å²) in [5, 5.41) is 10.1. The van der Waals surface area contributed by atoms with E-state index in [1.54, 1.807) is 6.92 Å². The van der Waals surface area contributed by atoms with Crippen molar-refractivity contribution in [2.45, 2.75) is 25.0 Å². The van der Waals surface area contributed by atoms with Crippen LogP contribution in [0, 0.1) is 0 Å². The number of hydrogen-bond acceptors (Lipinski definition) is 5. The molecule has 0 radical (unpaired) electrons. The minimum atomic E-state index is -3.60. The summed E-state index contributed by atoms with van der Waals surface area (Å²) in [6, 6.07) is 0. The predicted molar refractivity (Wildman–Crippen MR) is 61.8 cm³/mol. The summed E-state index contributed by atoms with van der Waals surface area (Å²) in [5.41, 5.74) is -1.13. The standard InChI is InChI=1S/C9H20N2O5S/c1-8-9(12,3-5-16-8)7-11-17(13,14)10-4-6-15-2/h8,10-12H,3-7H2,1-2H3. The first kappa shape index (κ1) is 14.8. The second-order valence-electron chi connectivity index (χ2n) is 4.08. The molecule has 0 amide bonds. The Bertz CT molecular complexity index is 334. The quantitative estimate of drug-likeness (QED) is 0.493. The molecule has 8 heteroatoms. The lowest BCUT2D eigenvalue weighted by molar-refractivity contribution is -0.0228. The Morgan fingerprint density at radius 3 is 2.76 bits per heavy atom. The first-order valence-corrected chi connectivity index (χ1v) is 6.95. The van der Waals surface area contributed by atoms with Crippen LogP contribution in [0.5, 0.6) is 0 Å². The average molecular weight is 268 g/mol. The second-order valence-corrected chi connectivity index (χ2v) is 5.66. The van der Waals surface area contributed by atoms with E-state index in [1.807, 2.05) is 0 Å². The molecular formula is C9H20N2O5S. The van der Waals surface area contributed by atoms with E-state index in [4.69, 9.17) is 9.47 Å². The van der Waals surface area contributed by atoms with Crippen molar-refractivity contribution >= 4 is 10.2 Å². The third kappa shape index (κ3) is 4.49. The van der Waals surface area contributed by atoms with Gasteiger partial charge in [0.15, 0.2) is 0 Å². The van der Waals surface area contributed by atoms with Crippen LogP contribution in [0.15, 0.2) is 0 Å². The molecule has 0 saturated carbocycles. The van der Waals surface area contributed by atoms with Gasteiger partial charge in [-0.2, -0.15) is 17.9 Å². The second kappa shape index (κ2) is 6.07. The van der Waals surface area contributed by atoms with E-state index in [0.29, 0.717) is 19.6 Å². The highest BCUT2D eigenvalue weighted by atomic mass is 32.2. The molecule has 0 aromatic carbocycles. The molecule has 1 rings (SSSR count). The maximum atomic E-state index is 11.5. The maximum absolute atomic E-state index is 11.5. The van der Waals surface area contributed by atoms with Crippen LogP contribution in [0.1, 0.15) is 13.3 Å². The van der Waals surface area contributed by atoms with Gasteiger partial charge in [-0.05, 0) is 6.92 Å². The Morgan fingerprint density at radius 2 is 2.24 bits per heavy atom. The van der Waals surface area contributed by atoms with Gasteiger partial charge in [-0.15, -0.1) is 0 Å². The van der Waals surface area contributed by atoms with Crippen LogP contribution in [-0.2, 0) is 19.7 Å². The minimum Gasteiger partial charge on any atom is -0.386 e. The Labute approximate surface area is 102 Å². The third-order valence-electron chi connectivity index (χ3n) is 2.83. The molecule has 2 unspecified atom stereocenters. The predicted octanol–water partition coefficient (Wildman–Crippen LogP) is -1.40. The summed E-state index contributed by atoms with van der Waals surface area (Å²) in [6.45, 7) is 2.59.